The first-order valence-corrected chi connectivity index (χ1v) is 7.85. The maximum Gasteiger partial charge on any atom is 0.140 e. The number of benzene rings is 1. The van der Waals surface area contributed by atoms with E-state index < -0.39 is 0 Å². The van der Waals surface area contributed by atoms with Crippen LogP contribution in [0.25, 0.3) is 16.9 Å². The van der Waals surface area contributed by atoms with Crippen LogP contribution in [0.3, 0.4) is 0 Å². The van der Waals surface area contributed by atoms with Crippen LogP contribution in [-0.4, -0.2) is 21.5 Å². The number of aryl methyl sites for hydroxylation is 1. The zero-order valence-corrected chi connectivity index (χ0v) is 14.2. The molecular formula is C18H19N3OS. The van der Waals surface area contributed by atoms with Crippen LogP contribution in [0.15, 0.2) is 42.6 Å². The number of ether oxygens (including phenoxy) is 1. The Morgan fingerprint density at radius 3 is 2.78 bits per heavy atom. The van der Waals surface area contributed by atoms with Crippen LogP contribution in [0, 0.1) is 6.92 Å². The van der Waals surface area contributed by atoms with Gasteiger partial charge in [-0.05, 0) is 30.7 Å². The number of rotatable bonds is 4. The Labute approximate surface area is 140 Å². The minimum Gasteiger partial charge on any atom is -0.497 e. The van der Waals surface area contributed by atoms with E-state index in [2.05, 4.69) is 4.40 Å². The fraction of sp³-hybridized carbons (Fsp3) is 0.222. The highest BCUT2D eigenvalue weighted by Gasteiger charge is 2.22. The number of nitrogens with two attached hydrogens (primary N) is 1. The van der Waals surface area contributed by atoms with E-state index in [9.17, 15) is 0 Å². The number of fused-ring (bicyclic) bond motifs is 1. The van der Waals surface area contributed by atoms with E-state index in [1.165, 1.54) is 0 Å². The van der Waals surface area contributed by atoms with Crippen LogP contribution in [-0.2, 0) is 0 Å². The molecule has 3 aromatic rings. The lowest BCUT2D eigenvalue weighted by molar-refractivity contribution is 0.415. The molecule has 2 N–H and O–H groups in total. The van der Waals surface area contributed by atoms with E-state index >= 15 is 0 Å². The SMILES string of the molecule is COc1cccc(-c2nc3c(C)cccn3c2C(C)C(N)=S)c1. The minimum atomic E-state index is -0.0806. The van der Waals surface area contributed by atoms with Crippen LogP contribution < -0.4 is 10.5 Å². The van der Waals surface area contributed by atoms with Crippen LogP contribution in [0.1, 0.15) is 24.1 Å². The van der Waals surface area contributed by atoms with E-state index in [1.807, 2.05) is 56.4 Å². The molecule has 2 aromatic heterocycles. The number of nitrogens with zero attached hydrogens (tertiary/aromatic N) is 2. The van der Waals surface area contributed by atoms with Gasteiger partial charge in [0.05, 0.1) is 23.5 Å². The van der Waals surface area contributed by atoms with Gasteiger partial charge in [-0.3, -0.25) is 0 Å². The lowest BCUT2D eigenvalue weighted by Gasteiger charge is -2.13. The summed E-state index contributed by atoms with van der Waals surface area (Å²) in [5.74, 6) is 0.716. The third-order valence-electron chi connectivity index (χ3n) is 4.06. The van der Waals surface area contributed by atoms with Crippen molar-refractivity contribution in [2.75, 3.05) is 7.11 Å². The molecule has 1 unspecified atom stereocenters. The number of thiocarbonyl (C=S) groups is 1. The summed E-state index contributed by atoms with van der Waals surface area (Å²) in [7, 11) is 1.66. The van der Waals surface area contributed by atoms with Crippen LogP contribution in [0.4, 0.5) is 0 Å². The highest BCUT2D eigenvalue weighted by Crippen LogP contribution is 2.32. The second-order valence-corrected chi connectivity index (χ2v) is 6.06. The van der Waals surface area contributed by atoms with Gasteiger partial charge in [-0.1, -0.05) is 37.3 Å². The third-order valence-corrected chi connectivity index (χ3v) is 4.42. The van der Waals surface area contributed by atoms with E-state index in [-0.39, 0.29) is 5.92 Å². The molecule has 2 heterocycles. The van der Waals surface area contributed by atoms with Gasteiger partial charge in [0.2, 0.25) is 0 Å². The molecule has 0 aliphatic heterocycles. The molecule has 118 valence electrons. The van der Waals surface area contributed by atoms with Gasteiger partial charge in [0, 0.05) is 17.7 Å². The lowest BCUT2D eigenvalue weighted by atomic mass is 10.0. The highest BCUT2D eigenvalue weighted by atomic mass is 32.1. The number of hydrogen-bond donors (Lipinski definition) is 1. The molecule has 0 fully saturated rings. The summed E-state index contributed by atoms with van der Waals surface area (Å²) < 4.78 is 7.41. The number of methoxy groups -OCH3 is 1. The number of imidazole rings is 1. The van der Waals surface area contributed by atoms with Gasteiger partial charge in [-0.2, -0.15) is 0 Å². The summed E-state index contributed by atoms with van der Waals surface area (Å²) in [6.45, 7) is 4.06. The monoisotopic (exact) mass is 325 g/mol. The first-order valence-electron chi connectivity index (χ1n) is 7.44. The maximum atomic E-state index is 5.92. The molecule has 1 atom stereocenters. The Bertz CT molecular complexity index is 885. The first-order chi connectivity index (χ1) is 11.0. The molecule has 1 aromatic carbocycles. The van der Waals surface area contributed by atoms with Crippen molar-refractivity contribution in [3.8, 4) is 17.0 Å². The molecule has 0 radical (unpaired) electrons. The van der Waals surface area contributed by atoms with Crippen molar-refractivity contribution in [3.05, 3.63) is 53.9 Å². The summed E-state index contributed by atoms with van der Waals surface area (Å²) >= 11 is 5.23. The topological polar surface area (TPSA) is 52.5 Å². The molecule has 0 saturated carbocycles. The van der Waals surface area contributed by atoms with Gasteiger partial charge >= 0.3 is 0 Å². The lowest BCUT2D eigenvalue weighted by Crippen LogP contribution is -2.18. The third kappa shape index (κ3) is 2.68. The van der Waals surface area contributed by atoms with Crippen molar-refractivity contribution >= 4 is 22.9 Å². The first kappa shape index (κ1) is 15.5. The normalized spacial score (nSPS) is 12.3. The Kier molecular flexibility index (Phi) is 4.05. The number of aromatic nitrogens is 2. The molecule has 0 bridgehead atoms. The zero-order valence-electron chi connectivity index (χ0n) is 13.4. The molecule has 4 nitrogen and oxygen atoms in total. The Morgan fingerprint density at radius 2 is 2.09 bits per heavy atom. The smallest absolute Gasteiger partial charge is 0.140 e. The Balaban J connectivity index is 2.32. The number of hydrogen-bond acceptors (Lipinski definition) is 3. The zero-order chi connectivity index (χ0) is 16.6. The van der Waals surface area contributed by atoms with Crippen LogP contribution in [0.5, 0.6) is 5.75 Å². The van der Waals surface area contributed by atoms with E-state index in [0.29, 0.717) is 4.99 Å². The molecule has 3 rings (SSSR count). The molecule has 0 aliphatic rings. The van der Waals surface area contributed by atoms with Crippen molar-refractivity contribution < 1.29 is 4.74 Å². The van der Waals surface area contributed by atoms with Gasteiger partial charge < -0.3 is 14.9 Å². The van der Waals surface area contributed by atoms with E-state index in [1.54, 1.807) is 7.11 Å². The van der Waals surface area contributed by atoms with Crippen molar-refractivity contribution in [1.82, 2.24) is 9.38 Å². The standard InChI is InChI=1S/C18H19N3OS/c1-11-6-5-9-21-16(12(2)17(19)23)15(20-18(11)21)13-7-4-8-14(10-13)22-3/h4-10,12H,1-3H3,(H2,19,23). The highest BCUT2D eigenvalue weighted by molar-refractivity contribution is 7.80. The molecule has 0 aliphatic carbocycles. The van der Waals surface area contributed by atoms with Crippen molar-refractivity contribution in [2.24, 2.45) is 5.73 Å². The maximum absolute atomic E-state index is 5.92. The molecule has 0 spiro atoms. The van der Waals surface area contributed by atoms with Gasteiger partial charge in [-0.25, -0.2) is 4.98 Å². The van der Waals surface area contributed by atoms with Crippen molar-refractivity contribution in [3.63, 3.8) is 0 Å². The molecular weight excluding hydrogens is 306 g/mol. The van der Waals surface area contributed by atoms with Gasteiger partial charge in [0.15, 0.2) is 0 Å². The minimum absolute atomic E-state index is 0.0806. The summed E-state index contributed by atoms with van der Waals surface area (Å²) in [4.78, 5) is 5.31. The van der Waals surface area contributed by atoms with E-state index in [0.717, 1.165) is 33.9 Å². The Morgan fingerprint density at radius 1 is 1.30 bits per heavy atom. The summed E-state index contributed by atoms with van der Waals surface area (Å²) in [6.07, 6.45) is 2.00. The largest absolute Gasteiger partial charge is 0.497 e. The number of pyridine rings is 1. The molecule has 0 amide bonds. The predicted molar refractivity (Wildman–Crippen MR) is 97.1 cm³/mol. The van der Waals surface area contributed by atoms with Crippen LogP contribution >= 0.6 is 12.2 Å². The van der Waals surface area contributed by atoms with Gasteiger partial charge in [0.1, 0.15) is 11.4 Å². The summed E-state index contributed by atoms with van der Waals surface area (Å²) in [5, 5.41) is 0. The second kappa shape index (κ2) is 6.01. The van der Waals surface area contributed by atoms with Gasteiger partial charge in [-0.15, -0.1) is 0 Å². The fourth-order valence-electron chi connectivity index (χ4n) is 2.75. The molecule has 0 saturated heterocycles. The quantitative estimate of drug-likeness (QED) is 0.743. The van der Waals surface area contributed by atoms with E-state index in [4.69, 9.17) is 27.7 Å². The predicted octanol–water partition coefficient (Wildman–Crippen LogP) is 3.71. The summed E-state index contributed by atoms with van der Waals surface area (Å²) in [6, 6.07) is 11.9. The average Bonchev–Trinajstić information content (AvgIpc) is 2.95. The van der Waals surface area contributed by atoms with Crippen molar-refractivity contribution in [1.29, 1.82) is 0 Å². The molecule has 23 heavy (non-hydrogen) atoms. The van der Waals surface area contributed by atoms with Gasteiger partial charge in [0.25, 0.3) is 0 Å². The second-order valence-electron chi connectivity index (χ2n) is 5.59. The summed E-state index contributed by atoms with van der Waals surface area (Å²) in [5.41, 5.74) is 10.8. The fourth-order valence-corrected chi connectivity index (χ4v) is 2.87. The molecule has 5 heteroatoms. The van der Waals surface area contributed by atoms with Crippen LogP contribution in [0.2, 0.25) is 0 Å². The van der Waals surface area contributed by atoms with Crippen molar-refractivity contribution in [2.45, 2.75) is 19.8 Å². The Hall–Kier alpha value is -2.40. The average molecular weight is 325 g/mol.